The maximum Gasteiger partial charge on any atom is 0.0952 e. The predicted octanol–water partition coefficient (Wildman–Crippen LogP) is 1.55. The van der Waals surface area contributed by atoms with Crippen LogP contribution in [0.5, 0.6) is 0 Å². The first-order valence-electron chi connectivity index (χ1n) is 6.49. The molecule has 17 heavy (non-hydrogen) atoms. The first-order chi connectivity index (χ1) is 8.16. The number of rotatable bonds is 5. The largest absolute Gasteiger partial charge is 0.389 e. The molecule has 0 aromatic carbocycles. The molecule has 1 unspecified atom stereocenters. The van der Waals surface area contributed by atoms with Gasteiger partial charge in [0.25, 0.3) is 0 Å². The highest BCUT2D eigenvalue weighted by molar-refractivity contribution is 5.16. The van der Waals surface area contributed by atoms with Gasteiger partial charge in [-0.05, 0) is 39.5 Å². The number of nitrogens with zero attached hydrogens (tertiary/aromatic N) is 2. The Balaban J connectivity index is 1.92. The number of hydrogen-bond acceptors (Lipinski definition) is 3. The van der Waals surface area contributed by atoms with Gasteiger partial charge in [0.15, 0.2) is 0 Å². The van der Waals surface area contributed by atoms with Crippen LogP contribution >= 0.6 is 0 Å². The SMILES string of the molecule is CC(C)OCC(O)Cn1cnc2c1CCCC2. The van der Waals surface area contributed by atoms with Gasteiger partial charge in [-0.15, -0.1) is 0 Å². The third kappa shape index (κ3) is 3.30. The van der Waals surface area contributed by atoms with Crippen molar-refractivity contribution in [1.82, 2.24) is 9.55 Å². The van der Waals surface area contributed by atoms with E-state index in [1.807, 2.05) is 20.2 Å². The fraction of sp³-hybridized carbons (Fsp3) is 0.769. The Labute approximate surface area is 103 Å². The van der Waals surface area contributed by atoms with Crippen LogP contribution in [0.2, 0.25) is 0 Å². The Kier molecular flexibility index (Phi) is 4.18. The summed E-state index contributed by atoms with van der Waals surface area (Å²) in [5.41, 5.74) is 2.52. The zero-order chi connectivity index (χ0) is 12.3. The molecule has 0 bridgehead atoms. The van der Waals surface area contributed by atoms with E-state index in [0.717, 1.165) is 12.8 Å². The van der Waals surface area contributed by atoms with E-state index in [0.29, 0.717) is 13.2 Å². The molecule has 1 N–H and O–H groups in total. The Morgan fingerprint density at radius 2 is 2.18 bits per heavy atom. The normalized spacial score (nSPS) is 17.2. The molecule has 0 spiro atoms. The molecule has 4 nitrogen and oxygen atoms in total. The van der Waals surface area contributed by atoms with Crippen molar-refractivity contribution in [2.75, 3.05) is 6.61 Å². The van der Waals surface area contributed by atoms with Crippen molar-refractivity contribution >= 4 is 0 Å². The molecule has 2 rings (SSSR count). The summed E-state index contributed by atoms with van der Waals surface area (Å²) in [7, 11) is 0. The van der Waals surface area contributed by atoms with Crippen molar-refractivity contribution in [1.29, 1.82) is 0 Å². The minimum atomic E-state index is -0.447. The monoisotopic (exact) mass is 238 g/mol. The summed E-state index contributed by atoms with van der Waals surface area (Å²) >= 11 is 0. The summed E-state index contributed by atoms with van der Waals surface area (Å²) < 4.78 is 7.50. The number of aliphatic hydroxyl groups excluding tert-OH is 1. The fourth-order valence-electron chi connectivity index (χ4n) is 2.27. The number of imidazole rings is 1. The van der Waals surface area contributed by atoms with E-state index in [9.17, 15) is 5.11 Å². The first-order valence-corrected chi connectivity index (χ1v) is 6.49. The number of aromatic nitrogens is 2. The molecule has 1 aliphatic carbocycles. The van der Waals surface area contributed by atoms with Crippen molar-refractivity contribution in [3.05, 3.63) is 17.7 Å². The molecule has 1 aliphatic rings. The van der Waals surface area contributed by atoms with E-state index in [1.165, 1.54) is 24.2 Å². The standard InChI is InChI=1S/C13H22N2O2/c1-10(2)17-8-11(16)7-15-9-14-12-5-3-4-6-13(12)15/h9-11,16H,3-8H2,1-2H3. The van der Waals surface area contributed by atoms with Gasteiger partial charge in [-0.3, -0.25) is 0 Å². The molecule has 0 saturated carbocycles. The number of hydrogen-bond donors (Lipinski definition) is 1. The molecule has 1 aromatic rings. The fourth-order valence-corrected chi connectivity index (χ4v) is 2.27. The van der Waals surface area contributed by atoms with Crippen LogP contribution in [0.1, 0.15) is 38.1 Å². The highest BCUT2D eigenvalue weighted by Gasteiger charge is 2.17. The summed E-state index contributed by atoms with van der Waals surface area (Å²) in [4.78, 5) is 4.42. The summed E-state index contributed by atoms with van der Waals surface area (Å²) in [6, 6.07) is 0. The molecule has 0 aliphatic heterocycles. The van der Waals surface area contributed by atoms with Crippen LogP contribution in [-0.4, -0.2) is 33.5 Å². The summed E-state index contributed by atoms with van der Waals surface area (Å²) in [6.45, 7) is 4.94. The van der Waals surface area contributed by atoms with Gasteiger partial charge in [0.2, 0.25) is 0 Å². The smallest absolute Gasteiger partial charge is 0.0952 e. The van der Waals surface area contributed by atoms with Crippen molar-refractivity contribution in [3.63, 3.8) is 0 Å². The van der Waals surface area contributed by atoms with Gasteiger partial charge in [0.1, 0.15) is 0 Å². The highest BCUT2D eigenvalue weighted by Crippen LogP contribution is 2.20. The predicted molar refractivity (Wildman–Crippen MR) is 66.0 cm³/mol. The molecule has 1 heterocycles. The lowest BCUT2D eigenvalue weighted by Crippen LogP contribution is -2.24. The summed E-state index contributed by atoms with van der Waals surface area (Å²) in [5, 5.41) is 9.90. The van der Waals surface area contributed by atoms with E-state index in [1.54, 1.807) is 0 Å². The van der Waals surface area contributed by atoms with Gasteiger partial charge in [-0.25, -0.2) is 4.98 Å². The van der Waals surface area contributed by atoms with Crippen molar-refractivity contribution in [2.24, 2.45) is 0 Å². The summed E-state index contributed by atoms with van der Waals surface area (Å²) in [6.07, 6.45) is 6.22. The molecular weight excluding hydrogens is 216 g/mol. The van der Waals surface area contributed by atoms with Crippen LogP contribution in [0.4, 0.5) is 0 Å². The number of aryl methyl sites for hydroxylation is 1. The Morgan fingerprint density at radius 1 is 1.41 bits per heavy atom. The van der Waals surface area contributed by atoms with Gasteiger partial charge in [0, 0.05) is 5.69 Å². The molecule has 1 atom stereocenters. The van der Waals surface area contributed by atoms with Crippen LogP contribution in [0.3, 0.4) is 0 Å². The van der Waals surface area contributed by atoms with E-state index in [-0.39, 0.29) is 6.10 Å². The van der Waals surface area contributed by atoms with Crippen molar-refractivity contribution in [3.8, 4) is 0 Å². The Hall–Kier alpha value is -0.870. The van der Waals surface area contributed by atoms with Crippen LogP contribution in [0.25, 0.3) is 0 Å². The highest BCUT2D eigenvalue weighted by atomic mass is 16.5. The van der Waals surface area contributed by atoms with Gasteiger partial charge < -0.3 is 14.4 Å². The molecule has 0 radical (unpaired) electrons. The molecular formula is C13H22N2O2. The van der Waals surface area contributed by atoms with Gasteiger partial charge in [-0.2, -0.15) is 0 Å². The third-order valence-corrected chi connectivity index (χ3v) is 3.14. The van der Waals surface area contributed by atoms with E-state index < -0.39 is 6.10 Å². The lowest BCUT2D eigenvalue weighted by Gasteiger charge is -2.17. The van der Waals surface area contributed by atoms with Gasteiger partial charge in [-0.1, -0.05) is 0 Å². The Morgan fingerprint density at radius 3 is 2.94 bits per heavy atom. The zero-order valence-electron chi connectivity index (χ0n) is 10.7. The van der Waals surface area contributed by atoms with Crippen LogP contribution in [0, 0.1) is 0 Å². The second kappa shape index (κ2) is 5.65. The average Bonchev–Trinajstić information content (AvgIpc) is 2.70. The maximum absolute atomic E-state index is 9.90. The quantitative estimate of drug-likeness (QED) is 0.846. The lowest BCUT2D eigenvalue weighted by molar-refractivity contribution is -0.00100. The van der Waals surface area contributed by atoms with Crippen LogP contribution in [0.15, 0.2) is 6.33 Å². The first kappa shape index (κ1) is 12.6. The molecule has 0 saturated heterocycles. The minimum absolute atomic E-state index is 0.168. The van der Waals surface area contributed by atoms with Crippen molar-refractivity contribution in [2.45, 2.75) is 58.3 Å². The van der Waals surface area contributed by atoms with Crippen LogP contribution < -0.4 is 0 Å². The number of fused-ring (bicyclic) bond motifs is 1. The molecule has 1 aromatic heterocycles. The molecule has 4 heteroatoms. The molecule has 0 amide bonds. The number of aliphatic hydroxyl groups is 1. The average molecular weight is 238 g/mol. The van der Waals surface area contributed by atoms with Gasteiger partial charge in [0.05, 0.1) is 37.4 Å². The van der Waals surface area contributed by atoms with E-state index in [2.05, 4.69) is 9.55 Å². The second-order valence-corrected chi connectivity index (χ2v) is 5.03. The van der Waals surface area contributed by atoms with Gasteiger partial charge >= 0.3 is 0 Å². The molecule has 0 fully saturated rings. The third-order valence-electron chi connectivity index (χ3n) is 3.14. The minimum Gasteiger partial charge on any atom is -0.389 e. The maximum atomic E-state index is 9.90. The molecule has 96 valence electrons. The van der Waals surface area contributed by atoms with Crippen molar-refractivity contribution < 1.29 is 9.84 Å². The lowest BCUT2D eigenvalue weighted by atomic mass is 10.0. The zero-order valence-corrected chi connectivity index (χ0v) is 10.7. The van der Waals surface area contributed by atoms with Crippen LogP contribution in [-0.2, 0) is 24.1 Å². The van der Waals surface area contributed by atoms with E-state index >= 15 is 0 Å². The summed E-state index contributed by atoms with van der Waals surface area (Å²) in [5.74, 6) is 0. The second-order valence-electron chi connectivity index (χ2n) is 5.03. The van der Waals surface area contributed by atoms with E-state index in [4.69, 9.17) is 4.74 Å². The Bertz CT molecular complexity index is 360. The number of ether oxygens (including phenoxy) is 1. The topological polar surface area (TPSA) is 47.3 Å².